The van der Waals surface area contributed by atoms with Gasteiger partial charge in [-0.2, -0.15) is 10.4 Å². The van der Waals surface area contributed by atoms with Crippen molar-refractivity contribution in [2.75, 3.05) is 0 Å². The Morgan fingerprint density at radius 1 is 1.20 bits per heavy atom. The first-order chi connectivity index (χ1) is 12.1. The quantitative estimate of drug-likeness (QED) is 0.649. The Morgan fingerprint density at radius 2 is 1.88 bits per heavy atom. The molecule has 2 rings (SSSR count). The van der Waals surface area contributed by atoms with Gasteiger partial charge in [-0.25, -0.2) is 5.43 Å². The van der Waals surface area contributed by atoms with Crippen molar-refractivity contribution in [3.8, 4) is 11.8 Å². The SMILES string of the molecule is C/C(C=NNC(=O)[C@H](C)Oc1ccc(C#N)cc1)=C/c1ccccc1. The lowest BCUT2D eigenvalue weighted by molar-refractivity contribution is -0.127. The molecule has 0 aliphatic carbocycles. The van der Waals surface area contributed by atoms with Crippen LogP contribution in [0.5, 0.6) is 5.75 Å². The lowest BCUT2D eigenvalue weighted by atomic mass is 10.1. The molecular weight excluding hydrogens is 314 g/mol. The number of hydrogen-bond donors (Lipinski definition) is 1. The first-order valence-corrected chi connectivity index (χ1v) is 7.81. The Kier molecular flexibility index (Phi) is 6.49. The van der Waals surface area contributed by atoms with E-state index < -0.39 is 6.10 Å². The van der Waals surface area contributed by atoms with Gasteiger partial charge in [-0.15, -0.1) is 0 Å². The van der Waals surface area contributed by atoms with E-state index in [1.807, 2.05) is 49.4 Å². The summed E-state index contributed by atoms with van der Waals surface area (Å²) >= 11 is 0. The highest BCUT2D eigenvalue weighted by molar-refractivity contribution is 5.87. The van der Waals surface area contributed by atoms with Crippen molar-refractivity contribution in [2.45, 2.75) is 20.0 Å². The molecule has 2 aromatic rings. The second-order valence-electron chi connectivity index (χ2n) is 5.43. The van der Waals surface area contributed by atoms with Gasteiger partial charge in [0.25, 0.3) is 5.91 Å². The molecular formula is C20H19N3O2. The Bertz CT molecular complexity index is 803. The average molecular weight is 333 g/mol. The Labute approximate surface area is 147 Å². The summed E-state index contributed by atoms with van der Waals surface area (Å²) < 4.78 is 5.52. The lowest BCUT2D eigenvalue weighted by Crippen LogP contribution is -2.33. The van der Waals surface area contributed by atoms with Crippen molar-refractivity contribution in [2.24, 2.45) is 5.10 Å². The van der Waals surface area contributed by atoms with Gasteiger partial charge in [-0.3, -0.25) is 4.79 Å². The maximum absolute atomic E-state index is 12.0. The van der Waals surface area contributed by atoms with Gasteiger partial charge in [0.2, 0.25) is 0 Å². The number of rotatable bonds is 6. The number of benzene rings is 2. The van der Waals surface area contributed by atoms with Crippen LogP contribution < -0.4 is 10.2 Å². The van der Waals surface area contributed by atoms with E-state index in [1.165, 1.54) is 0 Å². The first kappa shape index (κ1) is 18.0. The summed E-state index contributed by atoms with van der Waals surface area (Å²) in [4.78, 5) is 12.0. The molecule has 5 heteroatoms. The molecule has 0 aliphatic heterocycles. The van der Waals surface area contributed by atoms with Crippen molar-refractivity contribution in [1.29, 1.82) is 5.26 Å². The molecule has 0 radical (unpaired) electrons. The molecule has 0 bridgehead atoms. The number of carbonyl (C=O) groups is 1. The zero-order valence-electron chi connectivity index (χ0n) is 14.1. The first-order valence-electron chi connectivity index (χ1n) is 7.81. The van der Waals surface area contributed by atoms with E-state index >= 15 is 0 Å². The van der Waals surface area contributed by atoms with Crippen LogP contribution in [-0.2, 0) is 4.79 Å². The molecule has 0 saturated carbocycles. The summed E-state index contributed by atoms with van der Waals surface area (Å²) in [7, 11) is 0. The number of ether oxygens (including phenoxy) is 1. The number of nitrogens with zero attached hydrogens (tertiary/aromatic N) is 2. The van der Waals surface area contributed by atoms with Crippen molar-refractivity contribution in [3.63, 3.8) is 0 Å². The maximum Gasteiger partial charge on any atom is 0.280 e. The van der Waals surface area contributed by atoms with Gasteiger partial charge in [0.15, 0.2) is 6.10 Å². The van der Waals surface area contributed by atoms with Crippen LogP contribution in [-0.4, -0.2) is 18.2 Å². The fraction of sp³-hybridized carbons (Fsp3) is 0.150. The molecule has 0 fully saturated rings. The summed E-state index contributed by atoms with van der Waals surface area (Å²) in [6.45, 7) is 3.54. The van der Waals surface area contributed by atoms with Gasteiger partial charge in [-0.05, 0) is 49.2 Å². The number of hydrogen-bond acceptors (Lipinski definition) is 4. The van der Waals surface area contributed by atoms with E-state index in [4.69, 9.17) is 10.00 Å². The summed E-state index contributed by atoms with van der Waals surface area (Å²) in [5, 5.41) is 12.7. The largest absolute Gasteiger partial charge is 0.481 e. The molecule has 0 spiro atoms. The summed E-state index contributed by atoms with van der Waals surface area (Å²) in [6, 6.07) is 18.4. The van der Waals surface area contributed by atoms with Crippen LogP contribution in [0.15, 0.2) is 65.3 Å². The van der Waals surface area contributed by atoms with Crippen LogP contribution in [0.4, 0.5) is 0 Å². The molecule has 0 saturated heterocycles. The third-order valence-electron chi connectivity index (χ3n) is 3.30. The summed E-state index contributed by atoms with van der Waals surface area (Å²) in [6.07, 6.45) is 2.84. The predicted molar refractivity (Wildman–Crippen MR) is 98.0 cm³/mol. The Morgan fingerprint density at radius 3 is 2.52 bits per heavy atom. The van der Waals surface area contributed by atoms with E-state index in [1.54, 1.807) is 37.4 Å². The van der Waals surface area contributed by atoms with Crippen molar-refractivity contribution >= 4 is 18.2 Å². The molecule has 1 amide bonds. The van der Waals surface area contributed by atoms with Crippen LogP contribution in [0, 0.1) is 11.3 Å². The topological polar surface area (TPSA) is 74.5 Å². The van der Waals surface area contributed by atoms with Gasteiger partial charge in [0.1, 0.15) is 5.75 Å². The van der Waals surface area contributed by atoms with E-state index in [2.05, 4.69) is 10.5 Å². The van der Waals surface area contributed by atoms with Gasteiger partial charge in [-0.1, -0.05) is 36.4 Å². The molecule has 2 aromatic carbocycles. The van der Waals surface area contributed by atoms with Crippen molar-refractivity contribution in [1.82, 2.24) is 5.43 Å². The maximum atomic E-state index is 12.0. The zero-order chi connectivity index (χ0) is 18.1. The molecule has 25 heavy (non-hydrogen) atoms. The molecule has 1 N–H and O–H groups in total. The third-order valence-corrected chi connectivity index (χ3v) is 3.30. The Hall–Kier alpha value is -3.39. The molecule has 126 valence electrons. The minimum atomic E-state index is -0.705. The third kappa shape index (κ3) is 5.96. The highest BCUT2D eigenvalue weighted by atomic mass is 16.5. The second kappa shape index (κ2) is 9.04. The van der Waals surface area contributed by atoms with Crippen LogP contribution in [0.1, 0.15) is 25.0 Å². The van der Waals surface area contributed by atoms with E-state index in [0.29, 0.717) is 11.3 Å². The molecule has 1 atom stereocenters. The number of carbonyl (C=O) groups excluding carboxylic acids is 1. The van der Waals surface area contributed by atoms with E-state index in [-0.39, 0.29) is 5.91 Å². The minimum Gasteiger partial charge on any atom is -0.481 e. The van der Waals surface area contributed by atoms with Crippen LogP contribution in [0.2, 0.25) is 0 Å². The molecule has 0 heterocycles. The number of nitriles is 1. The second-order valence-corrected chi connectivity index (χ2v) is 5.43. The van der Waals surface area contributed by atoms with Crippen molar-refractivity contribution in [3.05, 3.63) is 71.3 Å². The van der Waals surface area contributed by atoms with Gasteiger partial charge in [0.05, 0.1) is 17.8 Å². The zero-order valence-corrected chi connectivity index (χ0v) is 14.1. The van der Waals surface area contributed by atoms with Crippen molar-refractivity contribution < 1.29 is 9.53 Å². The van der Waals surface area contributed by atoms with Gasteiger partial charge in [0, 0.05) is 0 Å². The number of amides is 1. The number of hydrazone groups is 1. The highest BCUT2D eigenvalue weighted by Crippen LogP contribution is 2.13. The van der Waals surface area contributed by atoms with Crippen LogP contribution >= 0.6 is 0 Å². The Balaban J connectivity index is 1.86. The van der Waals surface area contributed by atoms with Crippen LogP contribution in [0.25, 0.3) is 6.08 Å². The fourth-order valence-electron chi connectivity index (χ4n) is 2.00. The van der Waals surface area contributed by atoms with E-state index in [0.717, 1.165) is 11.1 Å². The summed E-state index contributed by atoms with van der Waals surface area (Å²) in [5.74, 6) is 0.166. The molecule has 0 unspecified atom stereocenters. The lowest BCUT2D eigenvalue weighted by Gasteiger charge is -2.12. The minimum absolute atomic E-state index is 0.354. The monoisotopic (exact) mass is 333 g/mol. The predicted octanol–water partition coefficient (Wildman–Crippen LogP) is 3.53. The van der Waals surface area contributed by atoms with E-state index in [9.17, 15) is 4.79 Å². The molecule has 0 aliphatic rings. The van der Waals surface area contributed by atoms with Gasteiger partial charge < -0.3 is 4.74 Å². The highest BCUT2D eigenvalue weighted by Gasteiger charge is 2.13. The fourth-order valence-corrected chi connectivity index (χ4v) is 2.00. The van der Waals surface area contributed by atoms with Gasteiger partial charge >= 0.3 is 0 Å². The normalized spacial score (nSPS) is 12.4. The summed E-state index contributed by atoms with van der Waals surface area (Å²) in [5.41, 5.74) is 4.97. The number of nitrogens with one attached hydrogen (secondary N) is 1. The number of allylic oxidation sites excluding steroid dienone is 1. The smallest absolute Gasteiger partial charge is 0.280 e. The standard InChI is InChI=1S/C20H19N3O2/c1-15(12-17-6-4-3-5-7-17)14-22-23-20(24)16(2)25-19-10-8-18(13-21)9-11-19/h3-12,14,16H,1-2H3,(H,23,24)/b15-12-,22-14?/t16-/m0/s1. The average Bonchev–Trinajstić information content (AvgIpc) is 2.63. The molecule has 5 nitrogen and oxygen atoms in total. The van der Waals surface area contributed by atoms with Crippen LogP contribution in [0.3, 0.4) is 0 Å². The molecule has 0 aromatic heterocycles.